The van der Waals surface area contributed by atoms with Gasteiger partial charge in [-0.05, 0) is 24.3 Å². The van der Waals surface area contributed by atoms with E-state index in [1.54, 1.807) is 0 Å². The van der Waals surface area contributed by atoms with E-state index in [0.29, 0.717) is 0 Å². The van der Waals surface area contributed by atoms with Crippen molar-refractivity contribution in [3.05, 3.63) is 54.6 Å². The molecule has 0 atom stereocenters. The van der Waals surface area contributed by atoms with Crippen molar-refractivity contribution >= 4 is 24.7 Å². The number of rotatable bonds is 2. The van der Waals surface area contributed by atoms with Gasteiger partial charge in [-0.15, -0.1) is 0 Å². The zero-order valence-electron chi connectivity index (χ0n) is 7.77. The maximum atomic E-state index is 5.59. The van der Waals surface area contributed by atoms with E-state index >= 15 is 0 Å². The van der Waals surface area contributed by atoms with Crippen molar-refractivity contribution in [1.29, 1.82) is 0 Å². The second-order valence-electron chi connectivity index (χ2n) is 3.11. The number of hydrogen-bond donors (Lipinski definition) is 1. The molecule has 2 radical (unpaired) electrons. The molecule has 0 amide bonds. The Balaban J connectivity index is 2.16. The summed E-state index contributed by atoms with van der Waals surface area (Å²) in [5.74, 6) is 0. The fourth-order valence-corrected chi connectivity index (χ4v) is 1.25. The van der Waals surface area contributed by atoms with Crippen molar-refractivity contribution in [3.63, 3.8) is 0 Å². The van der Waals surface area contributed by atoms with Gasteiger partial charge in [0.2, 0.25) is 0 Å². The molecular weight excluding hydrogens is 169 g/mol. The summed E-state index contributed by atoms with van der Waals surface area (Å²) in [6.45, 7) is 0. The third-order valence-electron chi connectivity index (χ3n) is 1.97. The SMILES string of the molecule is [B]c1ccc(Nc2ccccc2)cc1. The lowest BCUT2D eigenvalue weighted by Crippen LogP contribution is -2.00. The first-order valence-electron chi connectivity index (χ1n) is 4.52. The number of para-hydroxylation sites is 1. The van der Waals surface area contributed by atoms with E-state index in [0.717, 1.165) is 16.8 Å². The van der Waals surface area contributed by atoms with E-state index in [1.165, 1.54) is 0 Å². The summed E-state index contributed by atoms with van der Waals surface area (Å²) in [5.41, 5.74) is 2.91. The number of nitrogens with one attached hydrogen (secondary N) is 1. The Labute approximate surface area is 85.2 Å². The molecule has 0 saturated carbocycles. The summed E-state index contributed by atoms with van der Waals surface area (Å²) < 4.78 is 0. The van der Waals surface area contributed by atoms with E-state index in [4.69, 9.17) is 7.85 Å². The lowest BCUT2D eigenvalue weighted by molar-refractivity contribution is 1.56. The van der Waals surface area contributed by atoms with Crippen molar-refractivity contribution in [2.75, 3.05) is 5.32 Å². The molecule has 0 aliphatic heterocycles. The summed E-state index contributed by atoms with van der Waals surface area (Å²) in [7, 11) is 5.59. The highest BCUT2D eigenvalue weighted by molar-refractivity contribution is 6.32. The Hall–Kier alpha value is -1.70. The van der Waals surface area contributed by atoms with Crippen LogP contribution in [0.1, 0.15) is 0 Å². The first-order valence-corrected chi connectivity index (χ1v) is 4.52. The van der Waals surface area contributed by atoms with Crippen LogP contribution in [0, 0.1) is 0 Å². The van der Waals surface area contributed by atoms with E-state index in [2.05, 4.69) is 5.32 Å². The van der Waals surface area contributed by atoms with Gasteiger partial charge in [0.25, 0.3) is 0 Å². The van der Waals surface area contributed by atoms with Crippen molar-refractivity contribution in [3.8, 4) is 0 Å². The van der Waals surface area contributed by atoms with Gasteiger partial charge in [0.05, 0.1) is 0 Å². The summed E-state index contributed by atoms with van der Waals surface area (Å²) in [4.78, 5) is 0. The van der Waals surface area contributed by atoms with Gasteiger partial charge in [0, 0.05) is 11.4 Å². The summed E-state index contributed by atoms with van der Waals surface area (Å²) in [5, 5.41) is 3.28. The topological polar surface area (TPSA) is 12.0 Å². The van der Waals surface area contributed by atoms with Gasteiger partial charge in [0.15, 0.2) is 0 Å². The Morgan fingerprint density at radius 3 is 1.93 bits per heavy atom. The fourth-order valence-electron chi connectivity index (χ4n) is 1.25. The molecule has 0 aliphatic carbocycles. The second-order valence-corrected chi connectivity index (χ2v) is 3.11. The number of benzene rings is 2. The maximum absolute atomic E-state index is 5.59. The molecule has 2 aromatic carbocycles. The quantitative estimate of drug-likeness (QED) is 0.697. The fraction of sp³-hybridized carbons (Fsp3) is 0. The first kappa shape index (κ1) is 8.88. The predicted molar refractivity (Wildman–Crippen MR) is 61.6 cm³/mol. The molecule has 0 aromatic heterocycles. The molecule has 14 heavy (non-hydrogen) atoms. The van der Waals surface area contributed by atoms with Gasteiger partial charge >= 0.3 is 0 Å². The van der Waals surface area contributed by atoms with Gasteiger partial charge in [-0.25, -0.2) is 0 Å². The Kier molecular flexibility index (Phi) is 2.54. The molecule has 66 valence electrons. The van der Waals surface area contributed by atoms with Crippen LogP contribution in [-0.4, -0.2) is 7.85 Å². The highest BCUT2D eigenvalue weighted by atomic mass is 14.9. The highest BCUT2D eigenvalue weighted by Crippen LogP contribution is 2.13. The Bertz CT molecular complexity index is 394. The van der Waals surface area contributed by atoms with Crippen LogP contribution < -0.4 is 10.8 Å². The lowest BCUT2D eigenvalue weighted by Gasteiger charge is -2.05. The largest absolute Gasteiger partial charge is 0.356 e. The van der Waals surface area contributed by atoms with E-state index in [1.807, 2.05) is 54.6 Å². The van der Waals surface area contributed by atoms with Crippen LogP contribution in [0.2, 0.25) is 0 Å². The van der Waals surface area contributed by atoms with Crippen LogP contribution in [0.4, 0.5) is 11.4 Å². The maximum Gasteiger partial charge on any atom is 0.113 e. The summed E-state index contributed by atoms with van der Waals surface area (Å²) in [6, 6.07) is 17.7. The Morgan fingerprint density at radius 2 is 1.29 bits per heavy atom. The monoisotopic (exact) mass is 179 g/mol. The van der Waals surface area contributed by atoms with Crippen molar-refractivity contribution in [2.24, 2.45) is 0 Å². The van der Waals surface area contributed by atoms with Crippen LogP contribution >= 0.6 is 0 Å². The van der Waals surface area contributed by atoms with Crippen LogP contribution in [0.25, 0.3) is 0 Å². The Morgan fingerprint density at radius 1 is 0.714 bits per heavy atom. The number of hydrogen-bond acceptors (Lipinski definition) is 1. The van der Waals surface area contributed by atoms with E-state index in [9.17, 15) is 0 Å². The average Bonchev–Trinajstić information content (AvgIpc) is 2.23. The van der Waals surface area contributed by atoms with Gasteiger partial charge < -0.3 is 5.32 Å². The molecular formula is C12H10BN. The smallest absolute Gasteiger partial charge is 0.113 e. The minimum absolute atomic E-state index is 0.781. The van der Waals surface area contributed by atoms with Gasteiger partial charge in [-0.2, -0.15) is 0 Å². The molecule has 0 fully saturated rings. The third-order valence-corrected chi connectivity index (χ3v) is 1.97. The zero-order valence-corrected chi connectivity index (χ0v) is 7.77. The first-order chi connectivity index (χ1) is 6.84. The van der Waals surface area contributed by atoms with Crippen LogP contribution in [0.5, 0.6) is 0 Å². The van der Waals surface area contributed by atoms with Crippen molar-refractivity contribution in [1.82, 2.24) is 0 Å². The molecule has 0 saturated heterocycles. The highest BCUT2D eigenvalue weighted by Gasteiger charge is 1.91. The predicted octanol–water partition coefficient (Wildman–Crippen LogP) is 2.22. The molecule has 2 rings (SSSR count). The summed E-state index contributed by atoms with van der Waals surface area (Å²) >= 11 is 0. The minimum Gasteiger partial charge on any atom is -0.356 e. The molecule has 1 N–H and O–H groups in total. The molecule has 1 nitrogen and oxygen atoms in total. The van der Waals surface area contributed by atoms with Crippen molar-refractivity contribution < 1.29 is 0 Å². The third kappa shape index (κ3) is 2.16. The minimum atomic E-state index is 0.781. The van der Waals surface area contributed by atoms with Gasteiger partial charge in [-0.3, -0.25) is 0 Å². The van der Waals surface area contributed by atoms with Crippen LogP contribution in [-0.2, 0) is 0 Å². The zero-order chi connectivity index (χ0) is 9.80. The lowest BCUT2D eigenvalue weighted by atomic mass is 9.96. The molecule has 0 aliphatic rings. The number of anilines is 2. The van der Waals surface area contributed by atoms with Gasteiger partial charge in [0.1, 0.15) is 7.85 Å². The molecule has 2 aromatic rings. The van der Waals surface area contributed by atoms with Crippen molar-refractivity contribution in [2.45, 2.75) is 0 Å². The molecule has 0 bridgehead atoms. The average molecular weight is 179 g/mol. The molecule has 0 unspecified atom stereocenters. The normalized spacial score (nSPS) is 9.71. The molecule has 0 spiro atoms. The standard InChI is InChI=1S/C12H10BN/c13-10-6-8-12(9-7-10)14-11-4-2-1-3-5-11/h1-9,14H. The summed E-state index contributed by atoms with van der Waals surface area (Å²) in [6.07, 6.45) is 0. The second kappa shape index (κ2) is 4.01. The van der Waals surface area contributed by atoms with E-state index < -0.39 is 0 Å². The van der Waals surface area contributed by atoms with Crippen LogP contribution in [0.3, 0.4) is 0 Å². The van der Waals surface area contributed by atoms with Gasteiger partial charge in [-0.1, -0.05) is 35.8 Å². The molecule has 0 heterocycles. The van der Waals surface area contributed by atoms with E-state index in [-0.39, 0.29) is 0 Å². The molecule has 2 heteroatoms. The van der Waals surface area contributed by atoms with Crippen LogP contribution in [0.15, 0.2) is 54.6 Å².